The number of carbonyl (C=O) groups is 1. The Kier molecular flexibility index (Phi) is 6.70. The molecular weight excluding hydrogens is 338 g/mol. The molecule has 2 saturated heterocycles. The molecular formula is C19H28ClN3O2. The van der Waals surface area contributed by atoms with E-state index in [4.69, 9.17) is 16.3 Å². The standard InChI is InChI=1S/C19H28ClN3O2/c1-22-9-11-23(12-10-22)18-14-25-13-17(18)21-19(24)4-2-3-15-5-7-16(20)8-6-15/h5-8,17-18H,2-4,9-14H2,1H3,(H,21,24)/t17-,18-/m0/s1. The highest BCUT2D eigenvalue weighted by atomic mass is 35.5. The number of likely N-dealkylation sites (N-methyl/N-ethyl adjacent to an activating group) is 1. The van der Waals surface area contributed by atoms with E-state index in [1.807, 2.05) is 24.3 Å². The minimum Gasteiger partial charge on any atom is -0.378 e. The van der Waals surface area contributed by atoms with Crippen LogP contribution in [0.3, 0.4) is 0 Å². The number of hydrogen-bond acceptors (Lipinski definition) is 4. The summed E-state index contributed by atoms with van der Waals surface area (Å²) >= 11 is 5.89. The first-order chi connectivity index (χ1) is 12.1. The maximum absolute atomic E-state index is 12.3. The van der Waals surface area contributed by atoms with Gasteiger partial charge < -0.3 is 15.0 Å². The largest absolute Gasteiger partial charge is 0.378 e. The Morgan fingerprint density at radius 1 is 1.20 bits per heavy atom. The summed E-state index contributed by atoms with van der Waals surface area (Å²) in [7, 11) is 2.16. The highest BCUT2D eigenvalue weighted by Crippen LogP contribution is 2.16. The van der Waals surface area contributed by atoms with Gasteiger partial charge in [-0.05, 0) is 37.6 Å². The molecule has 138 valence electrons. The van der Waals surface area contributed by atoms with Crippen LogP contribution in [-0.2, 0) is 16.0 Å². The minimum atomic E-state index is 0.117. The normalized spacial score (nSPS) is 25.2. The zero-order valence-corrected chi connectivity index (χ0v) is 15.7. The number of nitrogens with one attached hydrogen (secondary N) is 1. The molecule has 5 nitrogen and oxygen atoms in total. The molecule has 0 unspecified atom stereocenters. The number of rotatable bonds is 6. The van der Waals surface area contributed by atoms with Crippen LogP contribution >= 0.6 is 11.6 Å². The van der Waals surface area contributed by atoms with Crippen molar-refractivity contribution >= 4 is 17.5 Å². The molecule has 2 aliphatic heterocycles. The van der Waals surface area contributed by atoms with Gasteiger partial charge in [0.1, 0.15) is 0 Å². The first kappa shape index (κ1) is 18.6. The minimum absolute atomic E-state index is 0.117. The van der Waals surface area contributed by atoms with Gasteiger partial charge in [0.05, 0.1) is 25.3 Å². The topological polar surface area (TPSA) is 44.8 Å². The lowest BCUT2D eigenvalue weighted by Crippen LogP contribution is -2.56. The molecule has 1 amide bonds. The Labute approximate surface area is 155 Å². The van der Waals surface area contributed by atoms with Gasteiger partial charge in [0.25, 0.3) is 0 Å². The number of benzene rings is 1. The van der Waals surface area contributed by atoms with Crippen LogP contribution < -0.4 is 5.32 Å². The number of hydrogen-bond donors (Lipinski definition) is 1. The van der Waals surface area contributed by atoms with E-state index in [0.717, 1.165) is 50.7 Å². The SMILES string of the molecule is CN1CCN([C@H]2COC[C@@H]2NC(=O)CCCc2ccc(Cl)cc2)CC1. The molecule has 0 aliphatic carbocycles. The van der Waals surface area contributed by atoms with Crippen molar-refractivity contribution in [3.63, 3.8) is 0 Å². The van der Waals surface area contributed by atoms with Crippen molar-refractivity contribution in [3.05, 3.63) is 34.9 Å². The summed E-state index contributed by atoms with van der Waals surface area (Å²) in [6.07, 6.45) is 2.29. The van der Waals surface area contributed by atoms with Crippen LogP contribution in [0.5, 0.6) is 0 Å². The third-order valence-electron chi connectivity index (χ3n) is 5.19. The lowest BCUT2D eigenvalue weighted by atomic mass is 10.1. The van der Waals surface area contributed by atoms with E-state index >= 15 is 0 Å². The summed E-state index contributed by atoms with van der Waals surface area (Å²) < 4.78 is 5.65. The van der Waals surface area contributed by atoms with Gasteiger partial charge >= 0.3 is 0 Å². The number of ether oxygens (including phenoxy) is 1. The third kappa shape index (κ3) is 5.42. The molecule has 0 aromatic heterocycles. The van der Waals surface area contributed by atoms with Crippen LogP contribution in [0.25, 0.3) is 0 Å². The molecule has 1 aromatic rings. The summed E-state index contributed by atoms with van der Waals surface area (Å²) in [5.74, 6) is 0.128. The van der Waals surface area contributed by atoms with Crippen LogP contribution in [-0.4, -0.2) is 74.2 Å². The Morgan fingerprint density at radius 3 is 2.64 bits per heavy atom. The average molecular weight is 366 g/mol. The molecule has 2 heterocycles. The summed E-state index contributed by atoms with van der Waals surface area (Å²) in [6, 6.07) is 8.27. The number of carbonyl (C=O) groups excluding carboxylic acids is 1. The molecule has 1 aromatic carbocycles. The van der Waals surface area contributed by atoms with Gasteiger partial charge in [-0.15, -0.1) is 0 Å². The van der Waals surface area contributed by atoms with Gasteiger partial charge in [-0.3, -0.25) is 9.69 Å². The van der Waals surface area contributed by atoms with Gasteiger partial charge in [0.15, 0.2) is 0 Å². The van der Waals surface area contributed by atoms with Crippen molar-refractivity contribution < 1.29 is 9.53 Å². The van der Waals surface area contributed by atoms with Crippen LogP contribution in [0.4, 0.5) is 0 Å². The van der Waals surface area contributed by atoms with Crippen LogP contribution in [0.1, 0.15) is 18.4 Å². The molecule has 0 radical (unpaired) electrons. The van der Waals surface area contributed by atoms with E-state index < -0.39 is 0 Å². The van der Waals surface area contributed by atoms with Crippen molar-refractivity contribution in [2.45, 2.75) is 31.3 Å². The van der Waals surface area contributed by atoms with E-state index in [1.54, 1.807) is 0 Å². The van der Waals surface area contributed by atoms with Gasteiger partial charge in [0.2, 0.25) is 5.91 Å². The highest BCUT2D eigenvalue weighted by Gasteiger charge is 2.35. The van der Waals surface area contributed by atoms with Crippen LogP contribution in [0.15, 0.2) is 24.3 Å². The van der Waals surface area contributed by atoms with Crippen molar-refractivity contribution in [1.29, 1.82) is 0 Å². The zero-order chi connectivity index (χ0) is 17.6. The van der Waals surface area contributed by atoms with Crippen LogP contribution in [0, 0.1) is 0 Å². The second-order valence-electron chi connectivity index (χ2n) is 7.10. The number of aryl methyl sites for hydroxylation is 1. The smallest absolute Gasteiger partial charge is 0.220 e. The molecule has 0 spiro atoms. The lowest BCUT2D eigenvalue weighted by molar-refractivity contribution is -0.122. The fraction of sp³-hybridized carbons (Fsp3) is 0.632. The van der Waals surface area contributed by atoms with Crippen LogP contribution in [0.2, 0.25) is 5.02 Å². The predicted molar refractivity (Wildman–Crippen MR) is 100.0 cm³/mol. The van der Waals surface area contributed by atoms with Gasteiger partial charge in [-0.1, -0.05) is 23.7 Å². The maximum Gasteiger partial charge on any atom is 0.220 e. The maximum atomic E-state index is 12.3. The molecule has 3 rings (SSSR count). The number of amides is 1. The number of halogens is 1. The molecule has 2 fully saturated rings. The summed E-state index contributed by atoms with van der Waals surface area (Å²) in [5, 5.41) is 3.94. The third-order valence-corrected chi connectivity index (χ3v) is 5.44. The second kappa shape index (κ2) is 8.99. The fourth-order valence-corrected chi connectivity index (χ4v) is 3.70. The predicted octanol–water partition coefficient (Wildman–Crippen LogP) is 1.79. The Balaban J connectivity index is 1.41. The van der Waals surface area contributed by atoms with E-state index in [9.17, 15) is 4.79 Å². The number of piperazine rings is 1. The molecule has 6 heteroatoms. The monoisotopic (exact) mass is 365 g/mol. The van der Waals surface area contributed by atoms with Crippen molar-refractivity contribution in [1.82, 2.24) is 15.1 Å². The molecule has 0 saturated carbocycles. The first-order valence-electron chi connectivity index (χ1n) is 9.16. The molecule has 0 bridgehead atoms. The molecule has 2 aliphatic rings. The Hall–Kier alpha value is -1.14. The summed E-state index contributed by atoms with van der Waals surface area (Å²) in [6.45, 7) is 5.61. The summed E-state index contributed by atoms with van der Waals surface area (Å²) in [4.78, 5) is 17.1. The zero-order valence-electron chi connectivity index (χ0n) is 14.9. The highest BCUT2D eigenvalue weighted by molar-refractivity contribution is 6.30. The quantitative estimate of drug-likeness (QED) is 0.834. The van der Waals surface area contributed by atoms with Gasteiger partial charge in [-0.25, -0.2) is 0 Å². The average Bonchev–Trinajstić information content (AvgIpc) is 3.05. The van der Waals surface area contributed by atoms with E-state index in [0.29, 0.717) is 19.1 Å². The van der Waals surface area contributed by atoms with Gasteiger partial charge in [-0.2, -0.15) is 0 Å². The van der Waals surface area contributed by atoms with E-state index in [-0.39, 0.29) is 11.9 Å². The molecule has 25 heavy (non-hydrogen) atoms. The van der Waals surface area contributed by atoms with Crippen molar-refractivity contribution in [2.24, 2.45) is 0 Å². The van der Waals surface area contributed by atoms with E-state index in [2.05, 4.69) is 22.2 Å². The molecule has 1 N–H and O–H groups in total. The Bertz CT molecular complexity index is 558. The lowest BCUT2D eigenvalue weighted by Gasteiger charge is -2.38. The summed E-state index contributed by atoms with van der Waals surface area (Å²) in [5.41, 5.74) is 1.22. The Morgan fingerprint density at radius 2 is 1.92 bits per heavy atom. The molecule has 2 atom stereocenters. The second-order valence-corrected chi connectivity index (χ2v) is 7.53. The van der Waals surface area contributed by atoms with E-state index in [1.165, 1.54) is 5.56 Å². The van der Waals surface area contributed by atoms with Crippen molar-refractivity contribution in [3.8, 4) is 0 Å². The first-order valence-corrected chi connectivity index (χ1v) is 9.54. The van der Waals surface area contributed by atoms with Crippen molar-refractivity contribution in [2.75, 3.05) is 46.4 Å². The fourth-order valence-electron chi connectivity index (χ4n) is 3.58. The number of nitrogens with zero attached hydrogens (tertiary/aromatic N) is 2. The van der Waals surface area contributed by atoms with Gasteiger partial charge in [0, 0.05) is 37.6 Å².